The first-order chi connectivity index (χ1) is 10.1. The van der Waals surface area contributed by atoms with Crippen LogP contribution >= 0.6 is 0 Å². The minimum Gasteiger partial charge on any atom is -0.387 e. The minimum atomic E-state index is -0.558. The summed E-state index contributed by atoms with van der Waals surface area (Å²) in [5, 5.41) is 14.5. The lowest BCUT2D eigenvalue weighted by molar-refractivity contribution is -0.118. The SMILES string of the molecule is C[C@H](Nc1cccc(NC(=O)CO)c1)c1cccc(F)c1. The van der Waals surface area contributed by atoms with Crippen LogP contribution in [0.3, 0.4) is 0 Å². The maximum atomic E-state index is 13.2. The number of aliphatic hydroxyl groups excluding tert-OH is 1. The molecule has 0 saturated heterocycles. The summed E-state index contributed by atoms with van der Waals surface area (Å²) in [6.07, 6.45) is 0. The molecule has 110 valence electrons. The Hall–Kier alpha value is -2.40. The van der Waals surface area contributed by atoms with Crippen LogP contribution in [0.15, 0.2) is 48.5 Å². The maximum Gasteiger partial charge on any atom is 0.250 e. The quantitative estimate of drug-likeness (QED) is 0.792. The average molecular weight is 288 g/mol. The normalized spacial score (nSPS) is 11.8. The van der Waals surface area contributed by atoms with Crippen molar-refractivity contribution in [2.45, 2.75) is 13.0 Å². The molecule has 0 saturated carbocycles. The Morgan fingerprint density at radius 2 is 1.90 bits per heavy atom. The molecular weight excluding hydrogens is 271 g/mol. The monoisotopic (exact) mass is 288 g/mol. The van der Waals surface area contributed by atoms with Gasteiger partial charge in [-0.05, 0) is 42.8 Å². The number of rotatable bonds is 5. The zero-order chi connectivity index (χ0) is 15.2. The van der Waals surface area contributed by atoms with Crippen LogP contribution in [-0.4, -0.2) is 17.6 Å². The molecule has 0 radical (unpaired) electrons. The van der Waals surface area contributed by atoms with Gasteiger partial charge in [-0.3, -0.25) is 4.79 Å². The third-order valence-electron chi connectivity index (χ3n) is 3.02. The fraction of sp³-hybridized carbons (Fsp3) is 0.188. The highest BCUT2D eigenvalue weighted by atomic mass is 19.1. The summed E-state index contributed by atoms with van der Waals surface area (Å²) in [7, 11) is 0. The Labute approximate surface area is 122 Å². The largest absolute Gasteiger partial charge is 0.387 e. The Balaban J connectivity index is 2.08. The molecule has 2 rings (SSSR count). The second kappa shape index (κ2) is 6.85. The van der Waals surface area contributed by atoms with Gasteiger partial charge in [0.2, 0.25) is 5.91 Å². The number of halogens is 1. The number of amides is 1. The van der Waals surface area contributed by atoms with E-state index in [9.17, 15) is 9.18 Å². The molecule has 0 aliphatic carbocycles. The molecule has 0 unspecified atom stereocenters. The van der Waals surface area contributed by atoms with Crippen molar-refractivity contribution >= 4 is 17.3 Å². The number of carbonyl (C=O) groups is 1. The summed E-state index contributed by atoms with van der Waals surface area (Å²) < 4.78 is 13.2. The molecule has 0 heterocycles. The Morgan fingerprint density at radius 3 is 2.62 bits per heavy atom. The summed E-state index contributed by atoms with van der Waals surface area (Å²) in [6, 6.07) is 13.4. The maximum absolute atomic E-state index is 13.2. The van der Waals surface area contributed by atoms with Gasteiger partial charge >= 0.3 is 0 Å². The second-order valence-electron chi connectivity index (χ2n) is 4.71. The zero-order valence-corrected chi connectivity index (χ0v) is 11.6. The fourth-order valence-corrected chi connectivity index (χ4v) is 2.00. The molecule has 0 fully saturated rings. The van der Waals surface area contributed by atoms with Crippen molar-refractivity contribution in [3.05, 3.63) is 59.9 Å². The third kappa shape index (κ3) is 4.29. The van der Waals surface area contributed by atoms with Gasteiger partial charge in [-0.2, -0.15) is 0 Å². The zero-order valence-electron chi connectivity index (χ0n) is 11.6. The van der Waals surface area contributed by atoms with E-state index < -0.39 is 12.5 Å². The van der Waals surface area contributed by atoms with Crippen LogP contribution < -0.4 is 10.6 Å². The molecule has 3 N–H and O–H groups in total. The number of carbonyl (C=O) groups excluding carboxylic acids is 1. The predicted molar refractivity (Wildman–Crippen MR) is 80.6 cm³/mol. The molecule has 2 aromatic carbocycles. The van der Waals surface area contributed by atoms with Crippen molar-refractivity contribution in [2.24, 2.45) is 0 Å². The highest BCUT2D eigenvalue weighted by Crippen LogP contribution is 2.22. The van der Waals surface area contributed by atoms with Crippen molar-refractivity contribution in [1.29, 1.82) is 0 Å². The van der Waals surface area contributed by atoms with E-state index in [1.54, 1.807) is 24.3 Å². The number of aliphatic hydroxyl groups is 1. The van der Waals surface area contributed by atoms with E-state index >= 15 is 0 Å². The van der Waals surface area contributed by atoms with Crippen LogP contribution in [0.2, 0.25) is 0 Å². The van der Waals surface area contributed by atoms with Gasteiger partial charge in [0.05, 0.1) is 0 Å². The minimum absolute atomic E-state index is 0.0792. The summed E-state index contributed by atoms with van der Waals surface area (Å²) in [6.45, 7) is 1.37. The number of benzene rings is 2. The third-order valence-corrected chi connectivity index (χ3v) is 3.02. The molecule has 1 atom stereocenters. The number of nitrogens with one attached hydrogen (secondary N) is 2. The van der Waals surface area contributed by atoms with E-state index in [4.69, 9.17) is 5.11 Å². The van der Waals surface area contributed by atoms with Gasteiger partial charge in [0.25, 0.3) is 0 Å². The van der Waals surface area contributed by atoms with Gasteiger partial charge in [0, 0.05) is 17.4 Å². The lowest BCUT2D eigenvalue weighted by atomic mass is 10.1. The summed E-state index contributed by atoms with van der Waals surface area (Å²) >= 11 is 0. The smallest absolute Gasteiger partial charge is 0.250 e. The summed E-state index contributed by atoms with van der Waals surface area (Å²) in [4.78, 5) is 11.2. The summed E-state index contributed by atoms with van der Waals surface area (Å²) in [5.74, 6) is -0.740. The highest BCUT2D eigenvalue weighted by Gasteiger charge is 2.07. The van der Waals surface area contributed by atoms with Gasteiger partial charge in [-0.1, -0.05) is 18.2 Å². The van der Waals surface area contributed by atoms with Gasteiger partial charge in [0.1, 0.15) is 12.4 Å². The molecule has 0 aromatic heterocycles. The van der Waals surface area contributed by atoms with Crippen molar-refractivity contribution in [2.75, 3.05) is 17.2 Å². The van der Waals surface area contributed by atoms with E-state index in [0.717, 1.165) is 11.3 Å². The predicted octanol–water partition coefficient (Wildman–Crippen LogP) is 2.93. The molecule has 2 aromatic rings. The Morgan fingerprint density at radius 1 is 1.19 bits per heavy atom. The number of hydrogen-bond donors (Lipinski definition) is 3. The Kier molecular flexibility index (Phi) is 4.90. The molecule has 5 heteroatoms. The van der Waals surface area contributed by atoms with Crippen molar-refractivity contribution in [1.82, 2.24) is 0 Å². The lowest BCUT2D eigenvalue weighted by Gasteiger charge is -2.16. The first-order valence-corrected chi connectivity index (χ1v) is 6.61. The standard InChI is InChI=1S/C16H17FN2O2/c1-11(12-4-2-5-13(17)8-12)18-14-6-3-7-15(9-14)19-16(21)10-20/h2-9,11,18,20H,10H2,1H3,(H,19,21)/t11-/m0/s1. The molecular formula is C16H17FN2O2. The fourth-order valence-electron chi connectivity index (χ4n) is 2.00. The van der Waals surface area contributed by atoms with Gasteiger partial charge in [0.15, 0.2) is 0 Å². The molecule has 0 aliphatic rings. The topological polar surface area (TPSA) is 61.4 Å². The van der Waals surface area contributed by atoms with Crippen LogP contribution in [0.5, 0.6) is 0 Å². The van der Waals surface area contributed by atoms with E-state index in [-0.39, 0.29) is 11.9 Å². The molecule has 4 nitrogen and oxygen atoms in total. The number of anilines is 2. The van der Waals surface area contributed by atoms with Crippen molar-refractivity contribution in [3.8, 4) is 0 Å². The molecule has 0 spiro atoms. The molecule has 0 bridgehead atoms. The van der Waals surface area contributed by atoms with Gasteiger partial charge < -0.3 is 15.7 Å². The molecule has 21 heavy (non-hydrogen) atoms. The Bertz CT molecular complexity index is 631. The number of hydrogen-bond acceptors (Lipinski definition) is 3. The highest BCUT2D eigenvalue weighted by molar-refractivity contribution is 5.91. The van der Waals surface area contributed by atoms with Crippen LogP contribution in [0.25, 0.3) is 0 Å². The second-order valence-corrected chi connectivity index (χ2v) is 4.71. The van der Waals surface area contributed by atoms with Crippen molar-refractivity contribution in [3.63, 3.8) is 0 Å². The van der Waals surface area contributed by atoms with Crippen LogP contribution in [0, 0.1) is 5.82 Å². The van der Waals surface area contributed by atoms with Crippen LogP contribution in [0.4, 0.5) is 15.8 Å². The molecule has 0 aliphatic heterocycles. The summed E-state index contributed by atoms with van der Waals surface area (Å²) in [5.41, 5.74) is 2.22. The average Bonchev–Trinajstić information content (AvgIpc) is 2.47. The van der Waals surface area contributed by atoms with Gasteiger partial charge in [-0.25, -0.2) is 4.39 Å². The first kappa shape index (κ1) is 15.0. The van der Waals surface area contributed by atoms with Crippen LogP contribution in [-0.2, 0) is 4.79 Å². The van der Waals surface area contributed by atoms with Crippen LogP contribution in [0.1, 0.15) is 18.5 Å². The van der Waals surface area contributed by atoms with Gasteiger partial charge in [-0.15, -0.1) is 0 Å². The van der Waals surface area contributed by atoms with Crippen molar-refractivity contribution < 1.29 is 14.3 Å². The first-order valence-electron chi connectivity index (χ1n) is 6.61. The van der Waals surface area contributed by atoms with E-state index in [0.29, 0.717) is 5.69 Å². The van der Waals surface area contributed by atoms with E-state index in [2.05, 4.69) is 10.6 Å². The lowest BCUT2D eigenvalue weighted by Crippen LogP contribution is -2.15. The molecule has 1 amide bonds. The van der Waals surface area contributed by atoms with E-state index in [1.807, 2.05) is 19.1 Å². The van der Waals surface area contributed by atoms with E-state index in [1.165, 1.54) is 12.1 Å².